The van der Waals surface area contributed by atoms with Gasteiger partial charge in [0.05, 0.1) is 25.0 Å². The number of carbonyl (C=O) groups is 1. The van der Waals surface area contributed by atoms with Gasteiger partial charge in [0, 0.05) is 13.1 Å². The maximum absolute atomic E-state index is 12.2. The number of amides is 1. The van der Waals surface area contributed by atoms with E-state index in [2.05, 4.69) is 4.98 Å². The Kier molecular flexibility index (Phi) is 3.88. The molecule has 0 unspecified atom stereocenters. The molecule has 8 heteroatoms. The van der Waals surface area contributed by atoms with Crippen LogP contribution in [0.2, 0.25) is 0 Å². The zero-order valence-corrected chi connectivity index (χ0v) is 12.9. The molecule has 1 amide bonds. The monoisotopic (exact) mass is 301 g/mol. The molecule has 7 nitrogen and oxygen atoms in total. The number of carbonyl (C=O) groups excluding carboxylic acids is 1. The van der Waals surface area contributed by atoms with E-state index in [9.17, 15) is 13.2 Å². The smallest absolute Gasteiger partial charge is 0.309 e. The molecule has 0 aromatic carbocycles. The minimum atomic E-state index is -3.27. The van der Waals surface area contributed by atoms with Crippen LogP contribution in [0.3, 0.4) is 0 Å². The number of hydrogen-bond donors (Lipinski definition) is 0. The van der Waals surface area contributed by atoms with Crippen LogP contribution in [0.25, 0.3) is 0 Å². The number of fused-ring (bicyclic) bond motifs is 1. The summed E-state index contributed by atoms with van der Waals surface area (Å²) in [6, 6.07) is 0.0942. The first-order valence-corrected chi connectivity index (χ1v) is 8.29. The van der Waals surface area contributed by atoms with Crippen molar-refractivity contribution in [3.63, 3.8) is 0 Å². The van der Waals surface area contributed by atoms with Crippen LogP contribution in [0, 0.1) is 0 Å². The standard InChI is InChI=1S/C12H19N3O4S/c1-5-8(2)14(3)12(16)11-13-9-6-15(20(4,17)18)7-10(9)19-11/h8H,5-7H2,1-4H3/t8-/m1/s1. The molecule has 1 aliphatic heterocycles. The summed E-state index contributed by atoms with van der Waals surface area (Å²) < 4.78 is 29.6. The van der Waals surface area contributed by atoms with Crippen molar-refractivity contribution in [1.82, 2.24) is 14.2 Å². The van der Waals surface area contributed by atoms with Gasteiger partial charge in [0.1, 0.15) is 5.76 Å². The van der Waals surface area contributed by atoms with Crippen LogP contribution in [-0.2, 0) is 23.1 Å². The molecule has 0 saturated heterocycles. The Morgan fingerprint density at radius 3 is 2.65 bits per heavy atom. The number of rotatable bonds is 4. The highest BCUT2D eigenvalue weighted by Crippen LogP contribution is 2.25. The van der Waals surface area contributed by atoms with Gasteiger partial charge in [-0.2, -0.15) is 4.31 Å². The van der Waals surface area contributed by atoms with Gasteiger partial charge in [0.25, 0.3) is 5.89 Å². The molecular formula is C12H19N3O4S. The van der Waals surface area contributed by atoms with E-state index in [1.165, 1.54) is 4.31 Å². The number of nitrogens with zero attached hydrogens (tertiary/aromatic N) is 3. The van der Waals surface area contributed by atoms with Crippen LogP contribution < -0.4 is 0 Å². The van der Waals surface area contributed by atoms with Gasteiger partial charge in [-0.3, -0.25) is 4.79 Å². The Balaban J connectivity index is 2.16. The fourth-order valence-corrected chi connectivity index (χ4v) is 2.67. The fourth-order valence-electron chi connectivity index (χ4n) is 1.96. The van der Waals surface area contributed by atoms with Crippen LogP contribution in [0.15, 0.2) is 4.42 Å². The normalized spacial score (nSPS) is 17.0. The molecule has 1 aromatic heterocycles. The summed E-state index contributed by atoms with van der Waals surface area (Å²) in [7, 11) is -1.57. The number of oxazole rings is 1. The van der Waals surface area contributed by atoms with Crippen LogP contribution in [-0.4, -0.2) is 47.9 Å². The highest BCUT2D eigenvalue weighted by atomic mass is 32.2. The van der Waals surface area contributed by atoms with E-state index in [1.54, 1.807) is 11.9 Å². The molecule has 2 heterocycles. The Bertz CT molecular complexity index is 599. The summed E-state index contributed by atoms with van der Waals surface area (Å²) >= 11 is 0. The van der Waals surface area contributed by atoms with Crippen molar-refractivity contribution in [3.05, 3.63) is 17.3 Å². The van der Waals surface area contributed by atoms with Crippen molar-refractivity contribution >= 4 is 15.9 Å². The zero-order chi connectivity index (χ0) is 15.1. The van der Waals surface area contributed by atoms with Gasteiger partial charge in [-0.05, 0) is 13.3 Å². The first kappa shape index (κ1) is 15.0. The predicted octanol–water partition coefficient (Wildman–Crippen LogP) is 0.820. The summed E-state index contributed by atoms with van der Waals surface area (Å²) in [4.78, 5) is 17.9. The van der Waals surface area contributed by atoms with Gasteiger partial charge in [-0.25, -0.2) is 13.4 Å². The second kappa shape index (κ2) is 5.17. The summed E-state index contributed by atoms with van der Waals surface area (Å²) in [5, 5.41) is 0. The molecule has 0 radical (unpaired) electrons. The van der Waals surface area contributed by atoms with E-state index in [0.29, 0.717) is 11.5 Å². The van der Waals surface area contributed by atoms with Crippen molar-refractivity contribution in [2.75, 3.05) is 13.3 Å². The summed E-state index contributed by atoms with van der Waals surface area (Å²) in [6.07, 6.45) is 1.98. The van der Waals surface area contributed by atoms with Gasteiger partial charge < -0.3 is 9.32 Å². The van der Waals surface area contributed by atoms with Crippen LogP contribution in [0.1, 0.15) is 42.4 Å². The summed E-state index contributed by atoms with van der Waals surface area (Å²) in [6.45, 7) is 4.24. The first-order valence-electron chi connectivity index (χ1n) is 6.45. The number of aromatic nitrogens is 1. The average molecular weight is 301 g/mol. The molecule has 0 saturated carbocycles. The number of sulfonamides is 1. The summed E-state index contributed by atoms with van der Waals surface area (Å²) in [5.74, 6) is 0.210. The van der Waals surface area contributed by atoms with E-state index in [4.69, 9.17) is 4.42 Å². The van der Waals surface area contributed by atoms with E-state index in [1.807, 2.05) is 13.8 Å². The van der Waals surface area contributed by atoms with Gasteiger partial charge in [-0.1, -0.05) is 6.92 Å². The van der Waals surface area contributed by atoms with E-state index in [0.717, 1.165) is 12.7 Å². The van der Waals surface area contributed by atoms with Crippen molar-refractivity contribution in [1.29, 1.82) is 0 Å². The molecule has 2 rings (SSSR count). The molecule has 20 heavy (non-hydrogen) atoms. The van der Waals surface area contributed by atoms with Crippen LogP contribution in [0.5, 0.6) is 0 Å². The van der Waals surface area contributed by atoms with Gasteiger partial charge in [0.15, 0.2) is 0 Å². The molecule has 0 aliphatic carbocycles. The Morgan fingerprint density at radius 2 is 2.15 bits per heavy atom. The molecule has 0 bridgehead atoms. The lowest BCUT2D eigenvalue weighted by Crippen LogP contribution is -2.35. The first-order chi connectivity index (χ1) is 9.24. The van der Waals surface area contributed by atoms with E-state index < -0.39 is 10.0 Å². The van der Waals surface area contributed by atoms with Crippen LogP contribution >= 0.6 is 0 Å². The van der Waals surface area contributed by atoms with Crippen molar-refractivity contribution in [2.24, 2.45) is 0 Å². The lowest BCUT2D eigenvalue weighted by Gasteiger charge is -2.22. The second-order valence-electron chi connectivity index (χ2n) is 5.09. The van der Waals surface area contributed by atoms with Crippen LogP contribution in [0.4, 0.5) is 0 Å². The molecule has 0 fully saturated rings. The van der Waals surface area contributed by atoms with Crippen molar-refractivity contribution in [2.45, 2.75) is 39.4 Å². The lowest BCUT2D eigenvalue weighted by molar-refractivity contribution is 0.0697. The highest BCUT2D eigenvalue weighted by molar-refractivity contribution is 7.88. The molecule has 1 atom stereocenters. The average Bonchev–Trinajstić information content (AvgIpc) is 2.93. The molecule has 0 N–H and O–H groups in total. The Labute approximate surface area is 118 Å². The number of hydrogen-bond acceptors (Lipinski definition) is 5. The molecule has 112 valence electrons. The topological polar surface area (TPSA) is 83.7 Å². The predicted molar refractivity (Wildman–Crippen MR) is 72.4 cm³/mol. The van der Waals surface area contributed by atoms with E-state index in [-0.39, 0.29) is 30.9 Å². The van der Waals surface area contributed by atoms with Crippen molar-refractivity contribution in [3.8, 4) is 0 Å². The Morgan fingerprint density at radius 1 is 1.50 bits per heavy atom. The third-order valence-electron chi connectivity index (χ3n) is 3.65. The van der Waals surface area contributed by atoms with Gasteiger partial charge >= 0.3 is 5.91 Å². The Hall–Kier alpha value is -1.41. The van der Waals surface area contributed by atoms with Gasteiger partial charge in [-0.15, -0.1) is 0 Å². The minimum Gasteiger partial charge on any atom is -0.436 e. The zero-order valence-electron chi connectivity index (χ0n) is 12.1. The largest absolute Gasteiger partial charge is 0.436 e. The summed E-state index contributed by atoms with van der Waals surface area (Å²) in [5.41, 5.74) is 0.524. The maximum atomic E-state index is 12.2. The fraction of sp³-hybridized carbons (Fsp3) is 0.667. The SMILES string of the molecule is CC[C@@H](C)N(C)C(=O)c1nc2c(o1)CN(S(C)(=O)=O)C2. The van der Waals surface area contributed by atoms with E-state index >= 15 is 0 Å². The molecule has 0 spiro atoms. The third-order valence-corrected chi connectivity index (χ3v) is 4.84. The van der Waals surface area contributed by atoms with Gasteiger partial charge in [0.2, 0.25) is 10.0 Å². The maximum Gasteiger partial charge on any atom is 0.309 e. The lowest BCUT2D eigenvalue weighted by atomic mass is 10.2. The molecule has 1 aliphatic rings. The molecular weight excluding hydrogens is 282 g/mol. The highest BCUT2D eigenvalue weighted by Gasteiger charge is 2.33. The minimum absolute atomic E-state index is 0.0333. The van der Waals surface area contributed by atoms with Crippen molar-refractivity contribution < 1.29 is 17.6 Å². The second-order valence-corrected chi connectivity index (χ2v) is 7.08. The molecule has 1 aromatic rings. The quantitative estimate of drug-likeness (QED) is 0.822. The third kappa shape index (κ3) is 2.71.